The molecular formula is C15H14Cl2O3. The van der Waals surface area contributed by atoms with Gasteiger partial charge in [-0.2, -0.15) is 0 Å². The van der Waals surface area contributed by atoms with Crippen LogP contribution in [0.5, 0.6) is 17.2 Å². The Kier molecular flexibility index (Phi) is 4.76. The van der Waals surface area contributed by atoms with Crippen LogP contribution in [-0.4, -0.2) is 12.2 Å². The average molecular weight is 313 g/mol. The largest absolute Gasteiger partial charge is 0.496 e. The van der Waals surface area contributed by atoms with Crippen LogP contribution >= 0.6 is 23.2 Å². The number of ether oxygens (including phenoxy) is 2. The number of halogens is 2. The van der Waals surface area contributed by atoms with Crippen LogP contribution in [-0.2, 0) is 0 Å². The number of benzene rings is 2. The molecule has 0 aliphatic carbocycles. The SMILES string of the molecule is COc1cccc(Oc2ccc(Cl)cc2Cl)c1C(C)O. The van der Waals surface area contributed by atoms with Gasteiger partial charge in [0.15, 0.2) is 0 Å². The van der Waals surface area contributed by atoms with Crippen LogP contribution in [0.3, 0.4) is 0 Å². The van der Waals surface area contributed by atoms with Gasteiger partial charge in [-0.05, 0) is 37.3 Å². The van der Waals surface area contributed by atoms with Crippen LogP contribution in [0.25, 0.3) is 0 Å². The predicted octanol–water partition coefficient (Wildman–Crippen LogP) is 4.85. The molecule has 20 heavy (non-hydrogen) atoms. The van der Waals surface area contributed by atoms with Crippen molar-refractivity contribution in [2.45, 2.75) is 13.0 Å². The van der Waals surface area contributed by atoms with Crippen molar-refractivity contribution in [1.82, 2.24) is 0 Å². The van der Waals surface area contributed by atoms with Crippen molar-refractivity contribution in [1.29, 1.82) is 0 Å². The summed E-state index contributed by atoms with van der Waals surface area (Å²) in [6.45, 7) is 1.65. The van der Waals surface area contributed by atoms with Gasteiger partial charge in [-0.15, -0.1) is 0 Å². The van der Waals surface area contributed by atoms with E-state index in [1.165, 1.54) is 0 Å². The Bertz CT molecular complexity index is 612. The zero-order chi connectivity index (χ0) is 14.7. The number of aliphatic hydroxyl groups excluding tert-OH is 1. The summed E-state index contributed by atoms with van der Waals surface area (Å²) in [4.78, 5) is 0. The third-order valence-corrected chi connectivity index (χ3v) is 3.31. The van der Waals surface area contributed by atoms with Crippen LogP contribution < -0.4 is 9.47 Å². The fourth-order valence-electron chi connectivity index (χ4n) is 1.88. The standard InChI is InChI=1S/C15H14Cl2O3/c1-9(18)15-13(19-2)4-3-5-14(15)20-12-7-6-10(16)8-11(12)17/h3-9,18H,1-2H3. The van der Waals surface area contributed by atoms with Crippen molar-refractivity contribution in [2.75, 3.05) is 7.11 Å². The van der Waals surface area contributed by atoms with Gasteiger partial charge in [-0.3, -0.25) is 0 Å². The lowest BCUT2D eigenvalue weighted by Crippen LogP contribution is -2.00. The van der Waals surface area contributed by atoms with E-state index in [0.29, 0.717) is 32.9 Å². The highest BCUT2D eigenvalue weighted by Gasteiger charge is 2.16. The predicted molar refractivity (Wildman–Crippen MR) is 80.2 cm³/mol. The van der Waals surface area contributed by atoms with Crippen molar-refractivity contribution < 1.29 is 14.6 Å². The first kappa shape index (κ1) is 15.0. The number of aliphatic hydroxyl groups is 1. The number of methoxy groups -OCH3 is 1. The highest BCUT2D eigenvalue weighted by Crippen LogP contribution is 2.38. The van der Waals surface area contributed by atoms with Crippen LogP contribution in [0.4, 0.5) is 0 Å². The average Bonchev–Trinajstić information content (AvgIpc) is 2.41. The summed E-state index contributed by atoms with van der Waals surface area (Å²) in [7, 11) is 1.54. The summed E-state index contributed by atoms with van der Waals surface area (Å²) in [5.74, 6) is 1.51. The Hall–Kier alpha value is -1.42. The van der Waals surface area contributed by atoms with Crippen molar-refractivity contribution in [3.8, 4) is 17.2 Å². The molecule has 0 aliphatic heterocycles. The van der Waals surface area contributed by atoms with Crippen LogP contribution in [0.1, 0.15) is 18.6 Å². The highest BCUT2D eigenvalue weighted by atomic mass is 35.5. The minimum Gasteiger partial charge on any atom is -0.496 e. The van der Waals surface area contributed by atoms with E-state index in [4.69, 9.17) is 32.7 Å². The van der Waals surface area contributed by atoms with Gasteiger partial charge in [-0.25, -0.2) is 0 Å². The maximum absolute atomic E-state index is 9.89. The zero-order valence-electron chi connectivity index (χ0n) is 11.1. The smallest absolute Gasteiger partial charge is 0.146 e. The van der Waals surface area contributed by atoms with Gasteiger partial charge in [0.2, 0.25) is 0 Å². The first-order valence-corrected chi connectivity index (χ1v) is 6.76. The molecule has 1 atom stereocenters. The third kappa shape index (κ3) is 3.18. The Morgan fingerprint density at radius 1 is 1.05 bits per heavy atom. The molecule has 0 saturated heterocycles. The third-order valence-electron chi connectivity index (χ3n) is 2.78. The van der Waals surface area contributed by atoms with Gasteiger partial charge in [0.05, 0.1) is 23.8 Å². The molecule has 0 fully saturated rings. The minimum absolute atomic E-state index is 0.400. The van der Waals surface area contributed by atoms with Gasteiger partial charge in [0.1, 0.15) is 17.2 Å². The lowest BCUT2D eigenvalue weighted by molar-refractivity contribution is 0.190. The topological polar surface area (TPSA) is 38.7 Å². The monoisotopic (exact) mass is 312 g/mol. The molecule has 0 heterocycles. The highest BCUT2D eigenvalue weighted by molar-refractivity contribution is 6.35. The van der Waals surface area contributed by atoms with Gasteiger partial charge < -0.3 is 14.6 Å². The molecule has 5 heteroatoms. The maximum atomic E-state index is 9.89. The normalized spacial score (nSPS) is 12.1. The fraction of sp³-hybridized carbons (Fsp3) is 0.200. The first-order valence-electron chi connectivity index (χ1n) is 6.00. The summed E-state index contributed by atoms with van der Waals surface area (Å²) in [5, 5.41) is 10.8. The Balaban J connectivity index is 2.43. The van der Waals surface area contributed by atoms with Crippen molar-refractivity contribution in [2.24, 2.45) is 0 Å². The molecule has 0 amide bonds. The second kappa shape index (κ2) is 6.35. The molecule has 1 unspecified atom stereocenters. The van der Waals surface area contributed by atoms with E-state index in [9.17, 15) is 5.11 Å². The summed E-state index contributed by atoms with van der Waals surface area (Å²) in [5.41, 5.74) is 0.570. The lowest BCUT2D eigenvalue weighted by atomic mass is 10.1. The molecule has 1 N–H and O–H groups in total. The Labute approximate surface area is 127 Å². The number of hydrogen-bond acceptors (Lipinski definition) is 3. The van der Waals surface area contributed by atoms with Crippen LogP contribution in [0, 0.1) is 0 Å². The van der Waals surface area contributed by atoms with Gasteiger partial charge >= 0.3 is 0 Å². The van der Waals surface area contributed by atoms with Gasteiger partial charge in [-0.1, -0.05) is 29.3 Å². The van der Waals surface area contributed by atoms with E-state index in [2.05, 4.69) is 0 Å². The summed E-state index contributed by atoms with van der Waals surface area (Å²) < 4.78 is 11.0. The molecule has 0 saturated carbocycles. The molecule has 2 aromatic rings. The van der Waals surface area contributed by atoms with Crippen molar-refractivity contribution in [3.63, 3.8) is 0 Å². The fourth-order valence-corrected chi connectivity index (χ4v) is 2.33. The van der Waals surface area contributed by atoms with E-state index in [-0.39, 0.29) is 0 Å². The zero-order valence-corrected chi connectivity index (χ0v) is 12.6. The molecule has 2 rings (SSSR count). The molecule has 3 nitrogen and oxygen atoms in total. The number of hydrogen-bond donors (Lipinski definition) is 1. The number of rotatable bonds is 4. The van der Waals surface area contributed by atoms with E-state index < -0.39 is 6.10 Å². The van der Waals surface area contributed by atoms with E-state index >= 15 is 0 Å². The first-order chi connectivity index (χ1) is 9.52. The minimum atomic E-state index is -0.729. The molecule has 0 spiro atoms. The van der Waals surface area contributed by atoms with Gasteiger partial charge in [0.25, 0.3) is 0 Å². The Morgan fingerprint density at radius 3 is 2.35 bits per heavy atom. The Morgan fingerprint density at radius 2 is 1.75 bits per heavy atom. The molecule has 0 radical (unpaired) electrons. The van der Waals surface area contributed by atoms with Crippen molar-refractivity contribution >= 4 is 23.2 Å². The molecular weight excluding hydrogens is 299 g/mol. The molecule has 2 aromatic carbocycles. The second-order valence-corrected chi connectivity index (χ2v) is 5.07. The van der Waals surface area contributed by atoms with Gasteiger partial charge in [0, 0.05) is 5.02 Å². The molecule has 0 aliphatic rings. The van der Waals surface area contributed by atoms with E-state index in [0.717, 1.165) is 0 Å². The van der Waals surface area contributed by atoms with Crippen molar-refractivity contribution in [3.05, 3.63) is 52.0 Å². The maximum Gasteiger partial charge on any atom is 0.146 e. The van der Waals surface area contributed by atoms with Crippen LogP contribution in [0.15, 0.2) is 36.4 Å². The summed E-state index contributed by atoms with van der Waals surface area (Å²) >= 11 is 11.9. The lowest BCUT2D eigenvalue weighted by Gasteiger charge is -2.17. The second-order valence-electron chi connectivity index (χ2n) is 4.22. The molecule has 0 bridgehead atoms. The van der Waals surface area contributed by atoms with E-state index in [1.54, 1.807) is 50.4 Å². The van der Waals surface area contributed by atoms with E-state index in [1.807, 2.05) is 0 Å². The summed E-state index contributed by atoms with van der Waals surface area (Å²) in [6, 6.07) is 10.2. The molecule has 0 aromatic heterocycles. The van der Waals surface area contributed by atoms with Crippen LogP contribution in [0.2, 0.25) is 10.0 Å². The quantitative estimate of drug-likeness (QED) is 0.877. The summed E-state index contributed by atoms with van der Waals surface area (Å²) in [6.07, 6.45) is -0.729. The molecule has 106 valence electrons.